The molecule has 0 aliphatic rings. The Balaban J connectivity index is 0. The Morgan fingerprint density at radius 2 is 1.00 bits per heavy atom. The first-order chi connectivity index (χ1) is 8.17. The van der Waals surface area contributed by atoms with Gasteiger partial charge < -0.3 is 0 Å². The second kappa shape index (κ2) is 9.37. The zero-order valence-corrected chi connectivity index (χ0v) is 16.5. The van der Waals surface area contributed by atoms with Gasteiger partial charge in [0.1, 0.15) is 0 Å². The molecule has 0 amide bonds. The van der Waals surface area contributed by atoms with Crippen LogP contribution in [0.25, 0.3) is 12.2 Å². The molecule has 0 heterocycles. The molecule has 20 heavy (non-hydrogen) atoms. The Morgan fingerprint density at radius 1 is 0.700 bits per heavy atom. The first-order valence-corrected chi connectivity index (χ1v) is 13.5. The fourth-order valence-corrected chi connectivity index (χ4v) is 2.54. The van der Waals surface area contributed by atoms with Crippen LogP contribution in [0.3, 0.4) is 0 Å². The monoisotopic (exact) mass is 286 g/mol. The molecule has 0 N–H and O–H groups in total. The molecule has 0 aliphatic carbocycles. The minimum absolute atomic E-state index is 0. The third-order valence-electron chi connectivity index (χ3n) is 2.32. The van der Waals surface area contributed by atoms with Gasteiger partial charge in [0.15, 0.2) is 0 Å². The molecule has 0 aliphatic heterocycles. The number of hydrogen-bond donors (Lipinski definition) is 0. The van der Waals surface area contributed by atoms with Crippen molar-refractivity contribution >= 4 is 28.3 Å². The summed E-state index contributed by atoms with van der Waals surface area (Å²) in [5.41, 5.74) is 9.62. The van der Waals surface area contributed by atoms with E-state index in [2.05, 4.69) is 87.1 Å². The van der Waals surface area contributed by atoms with Gasteiger partial charge in [-0.15, -0.1) is 0 Å². The predicted octanol–water partition coefficient (Wildman–Crippen LogP) is -0.918. The molecule has 0 aromatic heterocycles. The maximum absolute atomic E-state index is 3.55. The molecule has 0 nitrogen and oxygen atoms in total. The molecule has 0 fully saturated rings. The van der Waals surface area contributed by atoms with Gasteiger partial charge in [-0.1, -0.05) is 51.4 Å². The van der Waals surface area contributed by atoms with E-state index < -0.39 is 16.1 Å². The third-order valence-corrected chi connectivity index (χ3v) is 4.34. The molecular formula is C16H24Li2Si2. The molecule has 0 radical (unpaired) electrons. The standard InChI is InChI=1S/C16H24Si2.2Li/c1-17(2,3)13-11-15-9-7-8-10-16(15)12-14-18(4,5)6;;/h7-12H,1-6H3;;/q-2;2*+1. The molecule has 0 bridgehead atoms. The van der Waals surface area contributed by atoms with Gasteiger partial charge >= 0.3 is 37.7 Å². The van der Waals surface area contributed by atoms with Crippen LogP contribution in [0.1, 0.15) is 11.1 Å². The van der Waals surface area contributed by atoms with Crippen molar-refractivity contribution in [2.45, 2.75) is 39.3 Å². The molecule has 1 aromatic carbocycles. The van der Waals surface area contributed by atoms with Crippen LogP contribution in [0.5, 0.6) is 0 Å². The Bertz CT molecular complexity index is 409. The van der Waals surface area contributed by atoms with Crippen molar-refractivity contribution in [3.63, 3.8) is 0 Å². The Kier molecular flexibility index (Phi) is 10.6. The van der Waals surface area contributed by atoms with E-state index in [4.69, 9.17) is 0 Å². The average molecular weight is 286 g/mol. The largest absolute Gasteiger partial charge is 1.00 e. The summed E-state index contributed by atoms with van der Waals surface area (Å²) in [7, 11) is -2.51. The smallest absolute Gasteiger partial charge is 0.280 e. The first-order valence-electron chi connectivity index (χ1n) is 6.48. The van der Waals surface area contributed by atoms with Crippen molar-refractivity contribution in [3.8, 4) is 0 Å². The Labute approximate surface area is 151 Å². The first kappa shape index (κ1) is 22.6. The SMILES string of the molecule is C[Si](C)(C)[C-]=Cc1ccccc1C=[C-][Si](C)(C)C.[Li+].[Li+]. The summed E-state index contributed by atoms with van der Waals surface area (Å²) in [5, 5.41) is 0. The fourth-order valence-electron chi connectivity index (χ4n) is 1.36. The summed E-state index contributed by atoms with van der Waals surface area (Å²) in [6, 6.07) is 8.49. The van der Waals surface area contributed by atoms with Crippen LogP contribution < -0.4 is 37.7 Å². The van der Waals surface area contributed by atoms with Crippen LogP contribution in [-0.4, -0.2) is 16.1 Å². The van der Waals surface area contributed by atoms with Crippen molar-refractivity contribution in [3.05, 3.63) is 46.8 Å². The zero-order chi connectivity index (χ0) is 13.8. The molecule has 1 aromatic rings. The minimum Gasteiger partial charge on any atom is -0.280 e. The Hall–Kier alpha value is 0.329. The van der Waals surface area contributed by atoms with E-state index in [1.54, 1.807) is 0 Å². The van der Waals surface area contributed by atoms with Gasteiger partial charge in [0, 0.05) is 0 Å². The van der Waals surface area contributed by atoms with Crippen LogP contribution in [0.4, 0.5) is 0 Å². The van der Waals surface area contributed by atoms with Crippen molar-refractivity contribution < 1.29 is 37.7 Å². The number of benzene rings is 1. The van der Waals surface area contributed by atoms with E-state index in [0.29, 0.717) is 0 Å². The Morgan fingerprint density at radius 3 is 1.25 bits per heavy atom. The van der Waals surface area contributed by atoms with Gasteiger partial charge in [-0.3, -0.25) is 34.7 Å². The number of hydrogen-bond acceptors (Lipinski definition) is 0. The quantitative estimate of drug-likeness (QED) is 0.496. The molecule has 4 heteroatoms. The summed E-state index contributed by atoms with van der Waals surface area (Å²) in [4.78, 5) is 0. The molecule has 0 saturated heterocycles. The summed E-state index contributed by atoms with van der Waals surface area (Å²) in [6.45, 7) is 13.8. The van der Waals surface area contributed by atoms with Gasteiger partial charge in [-0.2, -0.15) is 12.1 Å². The van der Waals surface area contributed by atoms with E-state index >= 15 is 0 Å². The second-order valence-electron chi connectivity index (χ2n) is 6.71. The van der Waals surface area contributed by atoms with Crippen molar-refractivity contribution in [1.82, 2.24) is 0 Å². The van der Waals surface area contributed by atoms with Crippen molar-refractivity contribution in [2.75, 3.05) is 0 Å². The van der Waals surface area contributed by atoms with Crippen molar-refractivity contribution in [1.29, 1.82) is 0 Å². The molecule has 0 saturated carbocycles. The summed E-state index contributed by atoms with van der Waals surface area (Å²) >= 11 is 0. The third kappa shape index (κ3) is 10.1. The number of rotatable bonds is 4. The molecular weight excluding hydrogens is 262 g/mol. The maximum Gasteiger partial charge on any atom is 1.00 e. The summed E-state index contributed by atoms with van der Waals surface area (Å²) in [6.07, 6.45) is 4.31. The van der Waals surface area contributed by atoms with E-state index in [9.17, 15) is 0 Å². The zero-order valence-electron chi connectivity index (χ0n) is 14.5. The fraction of sp³-hybridized carbons (Fsp3) is 0.375. The van der Waals surface area contributed by atoms with E-state index in [-0.39, 0.29) is 37.7 Å². The summed E-state index contributed by atoms with van der Waals surface area (Å²) in [5.74, 6) is 0. The van der Waals surface area contributed by atoms with Gasteiger partial charge in [-0.25, -0.2) is 0 Å². The summed E-state index contributed by atoms with van der Waals surface area (Å²) < 4.78 is 0. The topological polar surface area (TPSA) is 0 Å². The second-order valence-corrected chi connectivity index (χ2v) is 16.3. The van der Waals surface area contributed by atoms with Crippen LogP contribution >= 0.6 is 0 Å². The van der Waals surface area contributed by atoms with Gasteiger partial charge in [0.05, 0.1) is 0 Å². The molecule has 0 atom stereocenters. The van der Waals surface area contributed by atoms with E-state index in [0.717, 1.165) is 0 Å². The molecule has 0 unspecified atom stereocenters. The van der Waals surface area contributed by atoms with Crippen LogP contribution in [-0.2, 0) is 0 Å². The maximum atomic E-state index is 3.55. The normalized spacial score (nSPS) is 12.3. The molecule has 98 valence electrons. The van der Waals surface area contributed by atoms with Crippen LogP contribution in [0, 0.1) is 11.4 Å². The van der Waals surface area contributed by atoms with E-state index in [1.807, 2.05) is 0 Å². The molecule has 0 spiro atoms. The van der Waals surface area contributed by atoms with Gasteiger partial charge in [0.25, 0.3) is 0 Å². The van der Waals surface area contributed by atoms with Crippen LogP contribution in [0.15, 0.2) is 24.3 Å². The molecule has 1 rings (SSSR count). The van der Waals surface area contributed by atoms with E-state index in [1.165, 1.54) is 11.1 Å². The predicted molar refractivity (Wildman–Crippen MR) is 88.5 cm³/mol. The minimum atomic E-state index is -1.25. The van der Waals surface area contributed by atoms with Crippen molar-refractivity contribution in [2.24, 2.45) is 0 Å². The average Bonchev–Trinajstić information content (AvgIpc) is 2.22. The van der Waals surface area contributed by atoms with Gasteiger partial charge in [0.2, 0.25) is 0 Å². The van der Waals surface area contributed by atoms with Gasteiger partial charge in [-0.05, 0) is 16.1 Å². The van der Waals surface area contributed by atoms with Crippen LogP contribution in [0.2, 0.25) is 39.3 Å².